The molecule has 0 aromatic rings. The highest BCUT2D eigenvalue weighted by Crippen LogP contribution is 2.73. The van der Waals surface area contributed by atoms with Crippen LogP contribution in [0.4, 0.5) is 0 Å². The van der Waals surface area contributed by atoms with Crippen LogP contribution in [0.1, 0.15) is 91.4 Å². The second-order valence-corrected chi connectivity index (χ2v) is 10.3. The maximum Gasteiger partial charge on any atom is 0.148 e. The maximum atomic E-state index is 6.66. The van der Waals surface area contributed by atoms with Gasteiger partial charge in [-0.2, -0.15) is 0 Å². The minimum absolute atomic E-state index is 0.0978. The Hall–Kier alpha value is -0.0800. The van der Waals surface area contributed by atoms with E-state index in [1.165, 1.54) is 64.2 Å². The predicted molar refractivity (Wildman–Crippen MR) is 95.6 cm³/mol. The van der Waals surface area contributed by atoms with Crippen LogP contribution < -0.4 is 0 Å². The molecule has 2 nitrogen and oxygen atoms in total. The summed E-state index contributed by atoms with van der Waals surface area (Å²) in [6, 6.07) is 0. The van der Waals surface area contributed by atoms with Gasteiger partial charge in [0.1, 0.15) is 6.79 Å². The maximum absolute atomic E-state index is 6.66. The van der Waals surface area contributed by atoms with Gasteiger partial charge in [0.25, 0.3) is 0 Å². The van der Waals surface area contributed by atoms with Gasteiger partial charge in [0.05, 0.1) is 11.2 Å². The normalized spacial score (nSPS) is 59.4. The minimum atomic E-state index is 0.0978. The van der Waals surface area contributed by atoms with Gasteiger partial charge in [0.15, 0.2) is 0 Å². The Balaban J connectivity index is 1.57. The first-order valence-electron chi connectivity index (χ1n) is 10.8. The molecular formula is C22H36O2. The minimum Gasteiger partial charge on any atom is -0.348 e. The van der Waals surface area contributed by atoms with Crippen LogP contribution in [-0.4, -0.2) is 18.0 Å². The molecule has 1 aliphatic heterocycles. The fraction of sp³-hybridized carbons (Fsp3) is 1.00. The quantitative estimate of drug-likeness (QED) is 0.613. The van der Waals surface area contributed by atoms with Crippen molar-refractivity contribution >= 4 is 0 Å². The molecule has 7 atom stereocenters. The average Bonchev–Trinajstić information content (AvgIpc) is 2.72. The SMILES string of the molecule is CC[C@@]12CC[C@@]3(OCO1)[C@@H]1CCC4CCCC[C@]4(C)[C@H]1CC[C@]23C. The Morgan fingerprint density at radius 3 is 2.54 bits per heavy atom. The van der Waals surface area contributed by atoms with Crippen molar-refractivity contribution in [2.75, 3.05) is 6.79 Å². The molecule has 2 bridgehead atoms. The van der Waals surface area contributed by atoms with E-state index in [-0.39, 0.29) is 16.6 Å². The number of ether oxygens (including phenoxy) is 2. The zero-order chi connectivity index (χ0) is 16.6. The van der Waals surface area contributed by atoms with Gasteiger partial charge in [0, 0.05) is 5.41 Å². The zero-order valence-corrected chi connectivity index (χ0v) is 16.0. The van der Waals surface area contributed by atoms with E-state index < -0.39 is 0 Å². The Kier molecular flexibility index (Phi) is 3.36. The van der Waals surface area contributed by atoms with Gasteiger partial charge < -0.3 is 9.47 Å². The Bertz CT molecular complexity index is 532. The second-order valence-electron chi connectivity index (χ2n) is 10.3. The van der Waals surface area contributed by atoms with Gasteiger partial charge in [-0.1, -0.05) is 33.6 Å². The molecule has 4 aliphatic carbocycles. The molecule has 0 N–H and O–H groups in total. The largest absolute Gasteiger partial charge is 0.348 e. The monoisotopic (exact) mass is 332 g/mol. The molecule has 0 radical (unpaired) electrons. The van der Waals surface area contributed by atoms with Gasteiger partial charge >= 0.3 is 0 Å². The molecule has 0 aromatic heterocycles. The molecule has 24 heavy (non-hydrogen) atoms. The van der Waals surface area contributed by atoms with Gasteiger partial charge in [0.2, 0.25) is 0 Å². The lowest BCUT2D eigenvalue weighted by atomic mass is 9.43. The zero-order valence-electron chi connectivity index (χ0n) is 16.0. The Morgan fingerprint density at radius 2 is 1.71 bits per heavy atom. The lowest BCUT2D eigenvalue weighted by Crippen LogP contribution is -2.68. The summed E-state index contributed by atoms with van der Waals surface area (Å²) in [5, 5.41) is 0. The van der Waals surface area contributed by atoms with E-state index in [0.717, 1.165) is 24.2 Å². The summed E-state index contributed by atoms with van der Waals surface area (Å²) in [5.41, 5.74) is 1.05. The van der Waals surface area contributed by atoms with Gasteiger partial charge in [-0.05, 0) is 81.0 Å². The predicted octanol–water partition coefficient (Wildman–Crippen LogP) is 5.69. The third-order valence-electron chi connectivity index (χ3n) is 10.2. The molecule has 5 aliphatic rings. The molecule has 0 spiro atoms. The molecular weight excluding hydrogens is 296 g/mol. The fourth-order valence-corrected chi connectivity index (χ4v) is 8.81. The molecule has 5 rings (SSSR count). The van der Waals surface area contributed by atoms with Crippen molar-refractivity contribution in [3.05, 3.63) is 0 Å². The summed E-state index contributed by atoms with van der Waals surface area (Å²) in [6.07, 6.45) is 15.2. The van der Waals surface area contributed by atoms with Crippen LogP contribution in [-0.2, 0) is 9.47 Å². The summed E-state index contributed by atoms with van der Waals surface area (Å²) in [7, 11) is 0. The molecule has 2 heteroatoms. The number of hydrogen-bond donors (Lipinski definition) is 0. The first-order chi connectivity index (χ1) is 11.5. The van der Waals surface area contributed by atoms with Crippen molar-refractivity contribution in [2.45, 2.75) is 103 Å². The Morgan fingerprint density at radius 1 is 0.833 bits per heavy atom. The van der Waals surface area contributed by atoms with Crippen LogP contribution in [0.25, 0.3) is 0 Å². The lowest BCUT2D eigenvalue weighted by molar-refractivity contribution is -0.345. The van der Waals surface area contributed by atoms with E-state index >= 15 is 0 Å². The summed E-state index contributed by atoms with van der Waals surface area (Å²) in [6.45, 7) is 8.09. The van der Waals surface area contributed by atoms with Crippen LogP contribution in [0.2, 0.25) is 0 Å². The van der Waals surface area contributed by atoms with Gasteiger partial charge in [-0.25, -0.2) is 0 Å². The van der Waals surface area contributed by atoms with Crippen LogP contribution in [0, 0.1) is 28.6 Å². The van der Waals surface area contributed by atoms with Crippen molar-refractivity contribution in [1.29, 1.82) is 0 Å². The number of hydrogen-bond acceptors (Lipinski definition) is 2. The molecule has 1 heterocycles. The van der Waals surface area contributed by atoms with E-state index in [0.29, 0.717) is 12.2 Å². The van der Waals surface area contributed by atoms with Crippen LogP contribution in [0.5, 0.6) is 0 Å². The van der Waals surface area contributed by atoms with E-state index in [4.69, 9.17) is 9.47 Å². The molecule has 1 saturated heterocycles. The number of fused-ring (bicyclic) bond motifs is 3. The third kappa shape index (κ3) is 1.62. The van der Waals surface area contributed by atoms with Crippen molar-refractivity contribution in [3.63, 3.8) is 0 Å². The molecule has 5 fully saturated rings. The highest BCUT2D eigenvalue weighted by Gasteiger charge is 2.74. The first kappa shape index (κ1) is 16.1. The third-order valence-corrected chi connectivity index (χ3v) is 10.2. The van der Waals surface area contributed by atoms with Crippen LogP contribution >= 0.6 is 0 Å². The molecule has 0 amide bonds. The fourth-order valence-electron chi connectivity index (χ4n) is 8.81. The highest BCUT2D eigenvalue weighted by molar-refractivity contribution is 5.23. The van der Waals surface area contributed by atoms with E-state index in [9.17, 15) is 0 Å². The van der Waals surface area contributed by atoms with Crippen molar-refractivity contribution in [3.8, 4) is 0 Å². The highest BCUT2D eigenvalue weighted by atomic mass is 16.7. The molecule has 136 valence electrons. The van der Waals surface area contributed by atoms with Gasteiger partial charge in [-0.3, -0.25) is 0 Å². The summed E-state index contributed by atoms with van der Waals surface area (Å²) in [5.74, 6) is 2.67. The van der Waals surface area contributed by atoms with Crippen molar-refractivity contribution in [2.24, 2.45) is 28.6 Å². The topological polar surface area (TPSA) is 18.5 Å². The van der Waals surface area contributed by atoms with E-state index in [2.05, 4.69) is 20.8 Å². The van der Waals surface area contributed by atoms with Crippen LogP contribution in [0.3, 0.4) is 0 Å². The van der Waals surface area contributed by atoms with Crippen molar-refractivity contribution in [1.82, 2.24) is 0 Å². The average molecular weight is 333 g/mol. The molecule has 4 saturated carbocycles. The smallest absolute Gasteiger partial charge is 0.148 e. The lowest BCUT2D eigenvalue weighted by Gasteiger charge is -2.67. The van der Waals surface area contributed by atoms with Crippen molar-refractivity contribution < 1.29 is 9.47 Å². The van der Waals surface area contributed by atoms with E-state index in [1.807, 2.05) is 0 Å². The van der Waals surface area contributed by atoms with E-state index in [1.54, 1.807) is 0 Å². The Labute approximate surface area is 148 Å². The summed E-state index contributed by atoms with van der Waals surface area (Å²) in [4.78, 5) is 0. The first-order valence-corrected chi connectivity index (χ1v) is 10.8. The standard InChI is InChI=1S/C22H36O2/c1-4-21-13-14-22(24-15-23-21)18-9-8-16-7-5-6-11-19(16,2)17(18)10-12-20(21,22)3/h16-18H,4-15H2,1-3H3/t16?,17-,18+,19-,20+,21-,22+/m0/s1. The molecule has 0 aromatic carbocycles. The second kappa shape index (κ2) is 5.00. The molecule has 1 unspecified atom stereocenters. The van der Waals surface area contributed by atoms with Crippen LogP contribution in [0.15, 0.2) is 0 Å². The number of rotatable bonds is 1. The summed E-state index contributed by atoms with van der Waals surface area (Å²) < 4.78 is 13.0. The van der Waals surface area contributed by atoms with Gasteiger partial charge in [-0.15, -0.1) is 0 Å². The summed E-state index contributed by atoms with van der Waals surface area (Å²) >= 11 is 0.